The molecule has 0 aliphatic heterocycles. The SMILES string of the molecule is CC(C)c1ccc(S(=O)(=O)[O-])c(C(C)C)c1C(C)C.c1ccc([S+](c2ccccc2)c2ccccc2)cc1. The predicted molar refractivity (Wildman–Crippen MR) is 158 cm³/mol. The van der Waals surface area contributed by atoms with Gasteiger partial charge in [-0.3, -0.25) is 0 Å². The standard InChI is InChI=1S/C18H15S.C15H24O3S/c1-4-10-16(11-5-1)19(17-12-6-2-7-13-17)18-14-8-3-9-15-18;1-9(2)12-7-8-13(19(16,17)18)15(11(5)6)14(12)10(3)4/h1-15H;7-11H,1-6H3,(H,16,17,18)/q+1;/p-1. The molecule has 0 radical (unpaired) electrons. The fourth-order valence-corrected chi connectivity index (χ4v) is 7.63. The van der Waals surface area contributed by atoms with E-state index in [9.17, 15) is 13.0 Å². The van der Waals surface area contributed by atoms with Gasteiger partial charge < -0.3 is 4.55 Å². The molecule has 0 aromatic heterocycles. The van der Waals surface area contributed by atoms with E-state index in [0.717, 1.165) is 11.1 Å². The molecule has 0 aliphatic rings. The highest BCUT2D eigenvalue weighted by Gasteiger charge is 2.27. The van der Waals surface area contributed by atoms with Gasteiger partial charge in [0, 0.05) is 0 Å². The number of hydrogen-bond donors (Lipinski definition) is 0. The van der Waals surface area contributed by atoms with Crippen molar-refractivity contribution in [2.75, 3.05) is 0 Å². The molecular formula is C33H38O3S2. The molecule has 0 atom stereocenters. The second kappa shape index (κ2) is 13.3. The Morgan fingerprint density at radius 2 is 0.895 bits per heavy atom. The largest absolute Gasteiger partial charge is 0.744 e. The van der Waals surface area contributed by atoms with Crippen LogP contribution in [0.2, 0.25) is 0 Å². The lowest BCUT2D eigenvalue weighted by Gasteiger charge is -2.26. The molecule has 0 heterocycles. The Hall–Kier alpha value is -2.86. The van der Waals surface area contributed by atoms with Crippen LogP contribution in [0.5, 0.6) is 0 Å². The molecule has 0 saturated carbocycles. The van der Waals surface area contributed by atoms with E-state index in [2.05, 4.69) is 105 Å². The number of rotatable bonds is 7. The van der Waals surface area contributed by atoms with Crippen molar-refractivity contribution in [1.82, 2.24) is 0 Å². The highest BCUT2D eigenvalue weighted by atomic mass is 32.2. The van der Waals surface area contributed by atoms with Gasteiger partial charge in [-0.15, -0.1) is 0 Å². The Morgan fingerprint density at radius 3 is 1.18 bits per heavy atom. The van der Waals surface area contributed by atoms with Crippen molar-refractivity contribution in [3.8, 4) is 0 Å². The van der Waals surface area contributed by atoms with E-state index in [1.165, 1.54) is 20.8 Å². The molecule has 200 valence electrons. The highest BCUT2D eigenvalue weighted by molar-refractivity contribution is 7.97. The van der Waals surface area contributed by atoms with Crippen LogP contribution in [-0.4, -0.2) is 13.0 Å². The number of benzene rings is 4. The lowest BCUT2D eigenvalue weighted by Crippen LogP contribution is -2.12. The van der Waals surface area contributed by atoms with Crippen LogP contribution in [-0.2, 0) is 21.0 Å². The summed E-state index contributed by atoms with van der Waals surface area (Å²) in [6.45, 7) is 12.1. The first-order chi connectivity index (χ1) is 18.0. The van der Waals surface area contributed by atoms with E-state index in [1.54, 1.807) is 6.07 Å². The summed E-state index contributed by atoms with van der Waals surface area (Å²) < 4.78 is 34.4. The third kappa shape index (κ3) is 7.37. The van der Waals surface area contributed by atoms with Crippen LogP contribution in [0.3, 0.4) is 0 Å². The minimum absolute atomic E-state index is 0.00910. The van der Waals surface area contributed by atoms with E-state index in [4.69, 9.17) is 0 Å². The first kappa shape index (κ1) is 29.7. The van der Waals surface area contributed by atoms with Crippen molar-refractivity contribution >= 4 is 21.0 Å². The van der Waals surface area contributed by atoms with Crippen LogP contribution >= 0.6 is 0 Å². The summed E-state index contributed by atoms with van der Waals surface area (Å²) in [5, 5.41) is 0. The zero-order valence-corrected chi connectivity index (χ0v) is 24.7. The molecule has 4 aromatic rings. The Bertz CT molecular complexity index is 1300. The van der Waals surface area contributed by atoms with Crippen molar-refractivity contribution in [3.05, 3.63) is 120 Å². The molecule has 0 unspecified atom stereocenters. The van der Waals surface area contributed by atoms with Crippen LogP contribution in [0.4, 0.5) is 0 Å². The summed E-state index contributed by atoms with van der Waals surface area (Å²) in [6.07, 6.45) is 0. The lowest BCUT2D eigenvalue weighted by atomic mass is 9.83. The van der Waals surface area contributed by atoms with E-state index in [1.807, 2.05) is 27.7 Å². The van der Waals surface area contributed by atoms with E-state index >= 15 is 0 Å². The van der Waals surface area contributed by atoms with Gasteiger partial charge in [-0.05, 0) is 76.9 Å². The zero-order valence-electron chi connectivity index (χ0n) is 23.1. The quantitative estimate of drug-likeness (QED) is 0.172. The third-order valence-electron chi connectivity index (χ3n) is 6.26. The van der Waals surface area contributed by atoms with Gasteiger partial charge in [0.1, 0.15) is 10.1 Å². The average molecular weight is 547 g/mol. The number of hydrogen-bond acceptors (Lipinski definition) is 3. The van der Waals surface area contributed by atoms with Crippen molar-refractivity contribution in [2.24, 2.45) is 0 Å². The fraction of sp³-hybridized carbons (Fsp3) is 0.273. The normalized spacial score (nSPS) is 11.7. The molecule has 3 nitrogen and oxygen atoms in total. The average Bonchev–Trinajstić information content (AvgIpc) is 2.89. The Labute approximate surface area is 232 Å². The highest BCUT2D eigenvalue weighted by Crippen LogP contribution is 2.37. The van der Waals surface area contributed by atoms with Gasteiger partial charge in [0.2, 0.25) is 0 Å². The third-order valence-corrected chi connectivity index (χ3v) is 9.39. The molecule has 5 heteroatoms. The Kier molecular flexibility index (Phi) is 10.4. The van der Waals surface area contributed by atoms with Gasteiger partial charge in [0.05, 0.1) is 15.8 Å². The van der Waals surface area contributed by atoms with Gasteiger partial charge >= 0.3 is 0 Å². The Morgan fingerprint density at radius 1 is 0.526 bits per heavy atom. The van der Waals surface area contributed by atoms with E-state index in [-0.39, 0.29) is 27.6 Å². The van der Waals surface area contributed by atoms with E-state index < -0.39 is 10.1 Å². The van der Waals surface area contributed by atoms with Crippen LogP contribution in [0.1, 0.15) is 76.0 Å². The summed E-state index contributed by atoms with van der Waals surface area (Å²) >= 11 is 0. The first-order valence-electron chi connectivity index (χ1n) is 13.0. The predicted octanol–water partition coefficient (Wildman–Crippen LogP) is 8.74. The van der Waals surface area contributed by atoms with Crippen LogP contribution in [0, 0.1) is 0 Å². The smallest absolute Gasteiger partial charge is 0.166 e. The molecule has 4 aromatic carbocycles. The molecule has 38 heavy (non-hydrogen) atoms. The molecule has 0 amide bonds. The van der Waals surface area contributed by atoms with Crippen molar-refractivity contribution in [3.63, 3.8) is 0 Å². The summed E-state index contributed by atoms with van der Waals surface area (Å²) in [5.74, 6) is 0.504. The van der Waals surface area contributed by atoms with Gasteiger partial charge in [0.15, 0.2) is 14.7 Å². The zero-order chi connectivity index (χ0) is 27.9. The first-order valence-corrected chi connectivity index (χ1v) is 15.7. The molecule has 0 fully saturated rings. The second-order valence-corrected chi connectivity index (χ2v) is 13.5. The monoisotopic (exact) mass is 546 g/mol. The minimum atomic E-state index is -4.43. The van der Waals surface area contributed by atoms with Crippen molar-refractivity contribution < 1.29 is 13.0 Å². The van der Waals surface area contributed by atoms with Gasteiger partial charge in [-0.25, -0.2) is 8.42 Å². The topological polar surface area (TPSA) is 57.2 Å². The van der Waals surface area contributed by atoms with E-state index in [0.29, 0.717) is 11.5 Å². The fourth-order valence-electron chi connectivity index (χ4n) is 4.67. The maximum atomic E-state index is 11.5. The van der Waals surface area contributed by atoms with Crippen molar-refractivity contribution in [2.45, 2.75) is 78.9 Å². The van der Waals surface area contributed by atoms with Gasteiger partial charge in [-0.1, -0.05) is 102 Å². The second-order valence-electron chi connectivity index (χ2n) is 10.1. The molecule has 0 N–H and O–H groups in total. The minimum Gasteiger partial charge on any atom is -0.744 e. The molecule has 0 bridgehead atoms. The summed E-state index contributed by atoms with van der Waals surface area (Å²) in [7, 11) is -4.44. The molecule has 0 spiro atoms. The van der Waals surface area contributed by atoms with Crippen LogP contribution in [0.15, 0.2) is 123 Å². The van der Waals surface area contributed by atoms with Gasteiger partial charge in [0.25, 0.3) is 0 Å². The molecule has 0 aliphatic carbocycles. The molecule has 0 saturated heterocycles. The summed E-state index contributed by atoms with van der Waals surface area (Å²) in [6, 6.07) is 35.4. The Balaban J connectivity index is 0.000000211. The maximum absolute atomic E-state index is 11.5. The summed E-state index contributed by atoms with van der Waals surface area (Å²) in [5.41, 5.74) is 2.84. The van der Waals surface area contributed by atoms with Crippen molar-refractivity contribution in [1.29, 1.82) is 0 Å². The lowest BCUT2D eigenvalue weighted by molar-refractivity contribution is 0.461. The molecule has 4 rings (SSSR count). The molecular weight excluding hydrogens is 508 g/mol. The van der Waals surface area contributed by atoms with Crippen LogP contribution < -0.4 is 0 Å². The maximum Gasteiger partial charge on any atom is 0.166 e. The summed E-state index contributed by atoms with van der Waals surface area (Å²) in [4.78, 5) is 4.02. The van der Waals surface area contributed by atoms with Crippen LogP contribution in [0.25, 0.3) is 0 Å². The van der Waals surface area contributed by atoms with Gasteiger partial charge in [-0.2, -0.15) is 0 Å².